The molecule has 6 heteroatoms. The van der Waals surface area contributed by atoms with Gasteiger partial charge in [-0.25, -0.2) is 4.39 Å². The molecule has 0 saturated carbocycles. The van der Waals surface area contributed by atoms with Gasteiger partial charge in [-0.3, -0.25) is 14.6 Å². The molecule has 0 radical (unpaired) electrons. The summed E-state index contributed by atoms with van der Waals surface area (Å²) >= 11 is 0. The molecule has 1 fully saturated rings. The van der Waals surface area contributed by atoms with Gasteiger partial charge in [-0.2, -0.15) is 0 Å². The van der Waals surface area contributed by atoms with Crippen LogP contribution in [0.1, 0.15) is 24.0 Å². The zero-order valence-corrected chi connectivity index (χ0v) is 15.2. The summed E-state index contributed by atoms with van der Waals surface area (Å²) in [6, 6.07) is 10.3. The smallest absolute Gasteiger partial charge is 0.224 e. The van der Waals surface area contributed by atoms with Crippen molar-refractivity contribution >= 4 is 11.8 Å². The molecular weight excluding hydrogens is 345 g/mol. The first kappa shape index (κ1) is 19.0. The Labute approximate surface area is 158 Å². The molecule has 1 N–H and O–H groups in total. The second-order valence-corrected chi connectivity index (χ2v) is 6.85. The van der Waals surface area contributed by atoms with Gasteiger partial charge in [0.25, 0.3) is 0 Å². The number of carbonyl (C=O) groups is 2. The van der Waals surface area contributed by atoms with Crippen LogP contribution < -0.4 is 5.32 Å². The van der Waals surface area contributed by atoms with Crippen LogP contribution >= 0.6 is 0 Å². The molecule has 142 valence electrons. The fraction of sp³-hybridized carbons (Fsp3) is 0.381. The first-order valence-electron chi connectivity index (χ1n) is 9.30. The lowest BCUT2D eigenvalue weighted by molar-refractivity contribution is -0.138. The third kappa shape index (κ3) is 5.61. The average molecular weight is 369 g/mol. The van der Waals surface area contributed by atoms with E-state index in [2.05, 4.69) is 10.3 Å². The number of nitrogens with one attached hydrogen (secondary N) is 1. The summed E-state index contributed by atoms with van der Waals surface area (Å²) in [6.45, 7) is 1.49. The average Bonchev–Trinajstić information content (AvgIpc) is 2.68. The van der Waals surface area contributed by atoms with Gasteiger partial charge in [0, 0.05) is 38.4 Å². The number of pyridine rings is 1. The second-order valence-electron chi connectivity index (χ2n) is 6.85. The Balaban J connectivity index is 1.47. The Bertz CT molecular complexity index is 782. The first-order chi connectivity index (χ1) is 13.1. The third-order valence-electron chi connectivity index (χ3n) is 4.89. The second kappa shape index (κ2) is 9.26. The fourth-order valence-electron chi connectivity index (χ4n) is 3.33. The minimum Gasteiger partial charge on any atom is -0.355 e. The van der Waals surface area contributed by atoms with Crippen molar-refractivity contribution in [2.24, 2.45) is 5.92 Å². The monoisotopic (exact) mass is 369 g/mol. The molecule has 2 aromatic rings. The van der Waals surface area contributed by atoms with Gasteiger partial charge in [0.15, 0.2) is 0 Å². The van der Waals surface area contributed by atoms with Crippen molar-refractivity contribution < 1.29 is 14.0 Å². The van der Waals surface area contributed by atoms with Gasteiger partial charge in [0.1, 0.15) is 5.82 Å². The maximum absolute atomic E-state index is 13.3. The van der Waals surface area contributed by atoms with E-state index < -0.39 is 0 Å². The quantitative estimate of drug-likeness (QED) is 0.815. The number of hydrogen-bond donors (Lipinski definition) is 1. The molecule has 1 aromatic carbocycles. The van der Waals surface area contributed by atoms with E-state index in [0.717, 1.165) is 17.5 Å². The summed E-state index contributed by atoms with van der Waals surface area (Å²) in [7, 11) is 0. The van der Waals surface area contributed by atoms with Gasteiger partial charge >= 0.3 is 0 Å². The molecule has 0 bridgehead atoms. The molecule has 5 nitrogen and oxygen atoms in total. The van der Waals surface area contributed by atoms with E-state index in [0.29, 0.717) is 38.9 Å². The summed E-state index contributed by atoms with van der Waals surface area (Å²) in [5.74, 6) is -0.406. The fourth-order valence-corrected chi connectivity index (χ4v) is 3.33. The molecule has 2 heterocycles. The molecule has 2 amide bonds. The summed E-state index contributed by atoms with van der Waals surface area (Å²) < 4.78 is 13.3. The van der Waals surface area contributed by atoms with Crippen molar-refractivity contribution in [3.8, 4) is 0 Å². The van der Waals surface area contributed by atoms with Gasteiger partial charge in [0.2, 0.25) is 11.8 Å². The molecule has 27 heavy (non-hydrogen) atoms. The van der Waals surface area contributed by atoms with E-state index in [9.17, 15) is 14.0 Å². The highest BCUT2D eigenvalue weighted by Gasteiger charge is 2.29. The number of amides is 2. The Morgan fingerprint density at radius 3 is 2.78 bits per heavy atom. The number of rotatable bonds is 7. The van der Waals surface area contributed by atoms with Crippen molar-refractivity contribution in [3.05, 3.63) is 65.7 Å². The first-order valence-corrected chi connectivity index (χ1v) is 9.30. The van der Waals surface area contributed by atoms with E-state index >= 15 is 0 Å². The summed E-state index contributed by atoms with van der Waals surface area (Å²) in [4.78, 5) is 30.3. The van der Waals surface area contributed by atoms with Crippen LogP contribution in [0.3, 0.4) is 0 Å². The number of likely N-dealkylation sites (tertiary alicyclic amines) is 1. The van der Waals surface area contributed by atoms with Gasteiger partial charge in [-0.05, 0) is 54.7 Å². The van der Waals surface area contributed by atoms with Crippen LogP contribution in [0.5, 0.6) is 0 Å². The van der Waals surface area contributed by atoms with Crippen molar-refractivity contribution in [1.82, 2.24) is 15.2 Å². The van der Waals surface area contributed by atoms with Crippen LogP contribution in [0.4, 0.5) is 4.39 Å². The normalized spacial score (nSPS) is 17.0. The molecule has 0 unspecified atom stereocenters. The number of halogens is 1. The van der Waals surface area contributed by atoms with Crippen molar-refractivity contribution in [3.63, 3.8) is 0 Å². The maximum atomic E-state index is 13.3. The molecule has 0 aliphatic carbocycles. The Morgan fingerprint density at radius 2 is 2.00 bits per heavy atom. The van der Waals surface area contributed by atoms with E-state index in [1.165, 1.54) is 12.1 Å². The summed E-state index contributed by atoms with van der Waals surface area (Å²) in [5.41, 5.74) is 1.98. The number of benzene rings is 1. The van der Waals surface area contributed by atoms with Gasteiger partial charge < -0.3 is 10.2 Å². The SMILES string of the molecule is O=C(NCCc1ccncc1)[C@H]1CCC(=O)N(CCc2cccc(F)c2)C1. The van der Waals surface area contributed by atoms with Crippen molar-refractivity contribution in [1.29, 1.82) is 0 Å². The van der Waals surface area contributed by atoms with Gasteiger partial charge in [-0.1, -0.05) is 12.1 Å². The molecule has 1 aromatic heterocycles. The van der Waals surface area contributed by atoms with Gasteiger partial charge in [0.05, 0.1) is 5.92 Å². The highest BCUT2D eigenvalue weighted by Crippen LogP contribution is 2.18. The Hall–Kier alpha value is -2.76. The predicted octanol–water partition coefficient (Wildman–Crippen LogP) is 2.36. The lowest BCUT2D eigenvalue weighted by atomic mass is 9.96. The number of aromatic nitrogens is 1. The van der Waals surface area contributed by atoms with E-state index in [1.807, 2.05) is 18.2 Å². The lowest BCUT2D eigenvalue weighted by Crippen LogP contribution is -2.46. The molecule has 0 spiro atoms. The number of nitrogens with zero attached hydrogens (tertiary/aromatic N) is 2. The van der Waals surface area contributed by atoms with Crippen LogP contribution in [0, 0.1) is 11.7 Å². The van der Waals surface area contributed by atoms with Crippen LogP contribution in [0.25, 0.3) is 0 Å². The number of piperidine rings is 1. The third-order valence-corrected chi connectivity index (χ3v) is 4.89. The molecule has 1 atom stereocenters. The molecular formula is C21H24FN3O2. The lowest BCUT2D eigenvalue weighted by Gasteiger charge is -2.32. The van der Waals surface area contributed by atoms with E-state index in [-0.39, 0.29) is 23.5 Å². The molecule has 1 aliphatic heterocycles. The molecule has 1 saturated heterocycles. The standard InChI is InChI=1S/C21H24FN3O2/c22-19-3-1-2-17(14-19)9-13-25-15-18(4-5-20(25)26)21(27)24-12-8-16-6-10-23-11-7-16/h1-3,6-7,10-11,14,18H,4-5,8-9,12-13,15H2,(H,24,27)/t18-/m0/s1. The van der Waals surface area contributed by atoms with Crippen LogP contribution in [0.2, 0.25) is 0 Å². The predicted molar refractivity (Wildman–Crippen MR) is 100 cm³/mol. The largest absolute Gasteiger partial charge is 0.355 e. The van der Waals surface area contributed by atoms with Crippen LogP contribution in [-0.2, 0) is 22.4 Å². The molecule has 1 aliphatic rings. The Kier molecular flexibility index (Phi) is 6.52. The Morgan fingerprint density at radius 1 is 1.19 bits per heavy atom. The van der Waals surface area contributed by atoms with Crippen LogP contribution in [-0.4, -0.2) is 41.3 Å². The topological polar surface area (TPSA) is 62.3 Å². The summed E-state index contributed by atoms with van der Waals surface area (Å²) in [6.07, 6.45) is 5.77. The van der Waals surface area contributed by atoms with Crippen molar-refractivity contribution in [2.45, 2.75) is 25.7 Å². The maximum Gasteiger partial charge on any atom is 0.224 e. The van der Waals surface area contributed by atoms with Crippen molar-refractivity contribution in [2.75, 3.05) is 19.6 Å². The summed E-state index contributed by atoms with van der Waals surface area (Å²) in [5, 5.41) is 2.97. The minimum absolute atomic E-state index is 0.00712. The highest BCUT2D eigenvalue weighted by molar-refractivity contribution is 5.83. The van der Waals surface area contributed by atoms with Crippen LogP contribution in [0.15, 0.2) is 48.8 Å². The zero-order valence-electron chi connectivity index (χ0n) is 15.2. The van der Waals surface area contributed by atoms with Gasteiger partial charge in [-0.15, -0.1) is 0 Å². The zero-order chi connectivity index (χ0) is 19.1. The molecule has 3 rings (SSSR count). The number of hydrogen-bond acceptors (Lipinski definition) is 3. The van der Waals surface area contributed by atoms with E-state index in [4.69, 9.17) is 0 Å². The highest BCUT2D eigenvalue weighted by atomic mass is 19.1. The van der Waals surface area contributed by atoms with E-state index in [1.54, 1.807) is 23.4 Å². The number of carbonyl (C=O) groups excluding carboxylic acids is 2. The minimum atomic E-state index is -0.274.